The van der Waals surface area contributed by atoms with Crippen LogP contribution >= 0.6 is 12.4 Å². The van der Waals surface area contributed by atoms with E-state index in [0.717, 1.165) is 32.2 Å². The molecular weight excluding hydrogens is 430 g/mol. The molecule has 1 saturated heterocycles. The molecule has 0 N–H and O–H groups in total. The van der Waals surface area contributed by atoms with Gasteiger partial charge in [-0.05, 0) is 72.5 Å². The molecule has 1 heterocycles. The van der Waals surface area contributed by atoms with Crippen LogP contribution in [-0.2, 0) is 4.74 Å². The lowest BCUT2D eigenvalue weighted by atomic mass is 9.60. The molecule has 0 unspecified atom stereocenters. The van der Waals surface area contributed by atoms with Gasteiger partial charge >= 0.3 is 0 Å². The fraction of sp³-hybridized carbons (Fsp3) is 0.786. The van der Waals surface area contributed by atoms with Gasteiger partial charge in [-0.2, -0.15) is 0 Å². The molecular formula is C28H48ClN3O. The predicted molar refractivity (Wildman–Crippen MR) is 144 cm³/mol. The van der Waals surface area contributed by atoms with Crippen LogP contribution < -0.4 is 9.80 Å². The quantitative estimate of drug-likeness (QED) is 0.454. The second-order valence-corrected chi connectivity index (χ2v) is 12.5. The summed E-state index contributed by atoms with van der Waals surface area (Å²) in [7, 11) is 3.98. The van der Waals surface area contributed by atoms with Gasteiger partial charge in [-0.1, -0.05) is 33.8 Å². The van der Waals surface area contributed by atoms with Crippen molar-refractivity contribution in [3.05, 3.63) is 23.8 Å². The molecule has 0 bridgehead atoms. The highest BCUT2D eigenvalue weighted by Crippen LogP contribution is 2.53. The van der Waals surface area contributed by atoms with E-state index in [4.69, 9.17) is 4.74 Å². The van der Waals surface area contributed by atoms with Crippen molar-refractivity contribution in [1.82, 2.24) is 4.90 Å². The molecule has 4 rings (SSSR count). The van der Waals surface area contributed by atoms with Gasteiger partial charge in [0.05, 0.1) is 6.61 Å². The number of likely N-dealkylation sites (N-methyl/N-ethyl adjacent to an activating group) is 1. The molecule has 2 aliphatic carbocycles. The highest BCUT2D eigenvalue weighted by Gasteiger charge is 2.40. The lowest BCUT2D eigenvalue weighted by molar-refractivity contribution is 0.0970. The van der Waals surface area contributed by atoms with Gasteiger partial charge in [-0.3, -0.25) is 4.90 Å². The minimum atomic E-state index is 0. The maximum Gasteiger partial charge on any atom is 0.0637 e. The Morgan fingerprint density at radius 2 is 1.64 bits per heavy atom. The number of hydrogen-bond acceptors (Lipinski definition) is 4. The fourth-order valence-electron chi connectivity index (χ4n) is 6.65. The lowest BCUT2D eigenvalue weighted by Gasteiger charge is -2.46. The highest BCUT2D eigenvalue weighted by molar-refractivity contribution is 5.85. The Bertz CT molecular complexity index is 752. The Labute approximate surface area is 209 Å². The lowest BCUT2D eigenvalue weighted by Crippen LogP contribution is -2.47. The predicted octanol–water partition coefficient (Wildman–Crippen LogP) is 6.04. The van der Waals surface area contributed by atoms with Gasteiger partial charge in [0.25, 0.3) is 0 Å². The minimum Gasteiger partial charge on any atom is -0.383 e. The van der Waals surface area contributed by atoms with Crippen molar-refractivity contribution in [2.24, 2.45) is 16.7 Å². The van der Waals surface area contributed by atoms with Crippen LogP contribution in [-0.4, -0.2) is 64.9 Å². The summed E-state index contributed by atoms with van der Waals surface area (Å²) >= 11 is 0. The molecule has 2 saturated carbocycles. The zero-order valence-electron chi connectivity index (χ0n) is 22.0. The summed E-state index contributed by atoms with van der Waals surface area (Å²) in [5.41, 5.74) is 5.21. The van der Waals surface area contributed by atoms with Gasteiger partial charge in [0.1, 0.15) is 0 Å². The average Bonchev–Trinajstić information content (AvgIpc) is 3.54. The molecule has 1 aliphatic heterocycles. The van der Waals surface area contributed by atoms with E-state index in [1.807, 2.05) is 0 Å². The molecule has 4 nitrogen and oxygen atoms in total. The normalized spacial score (nSPS) is 23.3. The second-order valence-electron chi connectivity index (χ2n) is 12.5. The van der Waals surface area contributed by atoms with Crippen LogP contribution in [0, 0.1) is 16.7 Å². The van der Waals surface area contributed by atoms with Crippen LogP contribution in [0.3, 0.4) is 0 Å². The molecule has 0 radical (unpaired) electrons. The zero-order chi connectivity index (χ0) is 22.9. The van der Waals surface area contributed by atoms with E-state index >= 15 is 0 Å². The average molecular weight is 478 g/mol. The Kier molecular flexibility index (Phi) is 8.67. The Hall–Kier alpha value is -0.970. The SMILES string of the molecule is COCCN(C)c1ccc(C2CC(C)(C)CC(C)(C)C2)c(N2CCN(CC3CC3)CC2)c1.Cl. The van der Waals surface area contributed by atoms with Crippen LogP contribution in [0.4, 0.5) is 11.4 Å². The molecule has 0 spiro atoms. The van der Waals surface area contributed by atoms with E-state index in [1.165, 1.54) is 63.1 Å². The van der Waals surface area contributed by atoms with Gasteiger partial charge in [-0.25, -0.2) is 0 Å². The third-order valence-electron chi connectivity index (χ3n) is 8.01. The number of methoxy groups -OCH3 is 1. The van der Waals surface area contributed by atoms with Crippen LogP contribution in [0.2, 0.25) is 0 Å². The van der Waals surface area contributed by atoms with Crippen LogP contribution in [0.5, 0.6) is 0 Å². The standard InChI is InChI=1S/C28H47N3O.ClH/c1-27(2)18-23(19-28(3,4)21-27)25-10-9-24(29(5)15-16-32-6)17-26(25)31-13-11-30(12-14-31)20-22-7-8-22;/h9-10,17,22-23H,7-8,11-16,18-21H2,1-6H3;1H. The topological polar surface area (TPSA) is 19.0 Å². The summed E-state index contributed by atoms with van der Waals surface area (Å²) in [5.74, 6) is 1.63. The number of ether oxygens (including phenoxy) is 1. The number of rotatable bonds is 8. The highest BCUT2D eigenvalue weighted by atomic mass is 35.5. The smallest absolute Gasteiger partial charge is 0.0637 e. The van der Waals surface area contributed by atoms with Gasteiger partial charge < -0.3 is 14.5 Å². The molecule has 3 fully saturated rings. The minimum absolute atomic E-state index is 0. The molecule has 33 heavy (non-hydrogen) atoms. The zero-order valence-corrected chi connectivity index (χ0v) is 22.8. The van der Waals surface area contributed by atoms with Crippen molar-refractivity contribution in [3.63, 3.8) is 0 Å². The molecule has 0 amide bonds. The van der Waals surface area contributed by atoms with Gasteiger partial charge in [0, 0.05) is 64.8 Å². The van der Waals surface area contributed by atoms with Crippen molar-refractivity contribution in [3.8, 4) is 0 Å². The van der Waals surface area contributed by atoms with E-state index < -0.39 is 0 Å². The summed E-state index contributed by atoms with van der Waals surface area (Å²) in [6.45, 7) is 17.7. The molecule has 188 valence electrons. The number of nitrogens with zero attached hydrogens (tertiary/aromatic N) is 3. The first-order valence-corrected chi connectivity index (χ1v) is 13.0. The van der Waals surface area contributed by atoms with E-state index in [9.17, 15) is 0 Å². The van der Waals surface area contributed by atoms with Crippen molar-refractivity contribution < 1.29 is 4.74 Å². The van der Waals surface area contributed by atoms with Crippen LogP contribution in [0.15, 0.2) is 18.2 Å². The first-order chi connectivity index (χ1) is 15.2. The Morgan fingerprint density at radius 1 is 1.00 bits per heavy atom. The second kappa shape index (κ2) is 10.7. The third kappa shape index (κ3) is 7.02. The monoisotopic (exact) mass is 477 g/mol. The number of halogens is 1. The fourth-order valence-corrected chi connectivity index (χ4v) is 6.65. The number of benzene rings is 1. The van der Waals surface area contributed by atoms with E-state index in [2.05, 4.69) is 67.6 Å². The summed E-state index contributed by atoms with van der Waals surface area (Å²) in [6, 6.07) is 7.30. The largest absolute Gasteiger partial charge is 0.383 e. The van der Waals surface area contributed by atoms with E-state index in [1.54, 1.807) is 12.7 Å². The third-order valence-corrected chi connectivity index (χ3v) is 8.01. The summed E-state index contributed by atoms with van der Waals surface area (Å²) < 4.78 is 5.34. The number of anilines is 2. The molecule has 1 aromatic rings. The summed E-state index contributed by atoms with van der Waals surface area (Å²) in [6.07, 6.45) is 6.82. The van der Waals surface area contributed by atoms with Crippen molar-refractivity contribution in [1.29, 1.82) is 0 Å². The molecule has 0 atom stereocenters. The summed E-state index contributed by atoms with van der Waals surface area (Å²) in [4.78, 5) is 7.74. The van der Waals surface area contributed by atoms with E-state index in [-0.39, 0.29) is 12.4 Å². The summed E-state index contributed by atoms with van der Waals surface area (Å²) in [5, 5.41) is 0. The Morgan fingerprint density at radius 3 is 2.21 bits per heavy atom. The number of piperazine rings is 1. The molecule has 0 aromatic heterocycles. The first-order valence-electron chi connectivity index (χ1n) is 13.0. The van der Waals surface area contributed by atoms with Gasteiger partial charge in [-0.15, -0.1) is 12.4 Å². The maximum absolute atomic E-state index is 5.34. The van der Waals surface area contributed by atoms with Crippen molar-refractivity contribution >= 4 is 23.8 Å². The molecule has 1 aromatic carbocycles. The number of hydrogen-bond donors (Lipinski definition) is 0. The molecule has 5 heteroatoms. The first kappa shape index (κ1) is 26.6. The maximum atomic E-state index is 5.34. The van der Waals surface area contributed by atoms with Crippen LogP contribution in [0.25, 0.3) is 0 Å². The molecule has 3 aliphatic rings. The van der Waals surface area contributed by atoms with Crippen LogP contribution in [0.1, 0.15) is 71.3 Å². The van der Waals surface area contributed by atoms with Crippen molar-refractivity contribution in [2.45, 2.75) is 65.7 Å². The van der Waals surface area contributed by atoms with Crippen molar-refractivity contribution in [2.75, 3.05) is 69.8 Å². The van der Waals surface area contributed by atoms with Gasteiger partial charge in [0.15, 0.2) is 0 Å². The Balaban J connectivity index is 0.00000306. The van der Waals surface area contributed by atoms with E-state index in [0.29, 0.717) is 16.7 Å². The van der Waals surface area contributed by atoms with Gasteiger partial charge in [0.2, 0.25) is 0 Å².